The molecule has 0 bridgehead atoms. The summed E-state index contributed by atoms with van der Waals surface area (Å²) in [6.45, 7) is 4.08. The van der Waals surface area contributed by atoms with Crippen molar-refractivity contribution in [2.45, 2.75) is 26.5 Å². The molecule has 100 valence electrons. The summed E-state index contributed by atoms with van der Waals surface area (Å²) in [5, 5.41) is 0. The minimum absolute atomic E-state index is 0.324. The topological polar surface area (TPSA) is 48.1 Å². The summed E-state index contributed by atoms with van der Waals surface area (Å²) in [6, 6.07) is 6.41. The molecular formula is C15H17FN2O. The molecule has 0 radical (unpaired) electrons. The fourth-order valence-electron chi connectivity index (χ4n) is 1.83. The molecule has 0 saturated carbocycles. The number of nitrogens with zero attached hydrogens (tertiary/aromatic N) is 1. The molecule has 0 spiro atoms. The lowest BCUT2D eigenvalue weighted by atomic mass is 10.1. The molecule has 3 nitrogen and oxygen atoms in total. The third kappa shape index (κ3) is 3.51. The summed E-state index contributed by atoms with van der Waals surface area (Å²) in [6.07, 6.45) is 3.51. The maximum atomic E-state index is 13.7. The van der Waals surface area contributed by atoms with Crippen LogP contribution in [-0.4, -0.2) is 4.98 Å². The molecule has 4 heteroatoms. The van der Waals surface area contributed by atoms with E-state index in [4.69, 9.17) is 10.5 Å². The molecule has 0 aliphatic heterocycles. The van der Waals surface area contributed by atoms with Crippen LogP contribution in [0.2, 0.25) is 0 Å². The Morgan fingerprint density at radius 2 is 2.11 bits per heavy atom. The number of pyridine rings is 1. The van der Waals surface area contributed by atoms with Gasteiger partial charge in [-0.05, 0) is 31.5 Å². The van der Waals surface area contributed by atoms with E-state index >= 15 is 0 Å². The Bertz CT molecular complexity index is 570. The van der Waals surface area contributed by atoms with Crippen LogP contribution < -0.4 is 10.5 Å². The van der Waals surface area contributed by atoms with Crippen LogP contribution in [0.15, 0.2) is 36.7 Å². The predicted molar refractivity (Wildman–Crippen MR) is 72.3 cm³/mol. The van der Waals surface area contributed by atoms with Crippen molar-refractivity contribution in [2.75, 3.05) is 0 Å². The van der Waals surface area contributed by atoms with E-state index < -0.39 is 0 Å². The van der Waals surface area contributed by atoms with Crippen LogP contribution in [0.3, 0.4) is 0 Å². The number of hydrogen-bond acceptors (Lipinski definition) is 3. The van der Waals surface area contributed by atoms with Crippen molar-refractivity contribution < 1.29 is 9.13 Å². The van der Waals surface area contributed by atoms with Crippen molar-refractivity contribution in [3.05, 3.63) is 59.2 Å². The quantitative estimate of drug-likeness (QED) is 0.918. The highest BCUT2D eigenvalue weighted by Gasteiger charge is 2.08. The van der Waals surface area contributed by atoms with Gasteiger partial charge in [0.1, 0.15) is 18.2 Å². The average molecular weight is 260 g/mol. The van der Waals surface area contributed by atoms with Crippen LogP contribution in [0.5, 0.6) is 5.75 Å². The molecule has 2 rings (SSSR count). The molecule has 1 aromatic heterocycles. The zero-order chi connectivity index (χ0) is 13.8. The SMILES string of the molecule is Cc1cncc(COc2ccc(C(C)N)c(F)c2)c1. The molecule has 2 aromatic rings. The lowest BCUT2D eigenvalue weighted by Gasteiger charge is -2.10. The first-order valence-electron chi connectivity index (χ1n) is 6.14. The molecule has 2 N–H and O–H groups in total. The highest BCUT2D eigenvalue weighted by Crippen LogP contribution is 2.21. The molecule has 0 aliphatic rings. The average Bonchev–Trinajstić information content (AvgIpc) is 2.36. The first-order valence-corrected chi connectivity index (χ1v) is 6.14. The van der Waals surface area contributed by atoms with Gasteiger partial charge < -0.3 is 10.5 Å². The summed E-state index contributed by atoms with van der Waals surface area (Å²) in [4.78, 5) is 4.08. The van der Waals surface area contributed by atoms with E-state index in [2.05, 4.69) is 4.98 Å². The molecule has 19 heavy (non-hydrogen) atoms. The first kappa shape index (κ1) is 13.5. The van der Waals surface area contributed by atoms with Gasteiger partial charge in [-0.1, -0.05) is 6.07 Å². The summed E-state index contributed by atoms with van der Waals surface area (Å²) in [5.41, 5.74) is 8.17. The summed E-state index contributed by atoms with van der Waals surface area (Å²) in [7, 11) is 0. The normalized spacial score (nSPS) is 12.2. The molecule has 1 aromatic carbocycles. The predicted octanol–water partition coefficient (Wildman–Crippen LogP) is 3.13. The number of hydrogen-bond donors (Lipinski definition) is 1. The number of rotatable bonds is 4. The van der Waals surface area contributed by atoms with Crippen molar-refractivity contribution in [1.29, 1.82) is 0 Å². The molecular weight excluding hydrogens is 243 g/mol. The van der Waals surface area contributed by atoms with Crippen LogP contribution in [-0.2, 0) is 6.61 Å². The smallest absolute Gasteiger partial charge is 0.131 e. The van der Waals surface area contributed by atoms with Crippen LogP contribution in [0.1, 0.15) is 29.7 Å². The first-order chi connectivity index (χ1) is 9.06. The van der Waals surface area contributed by atoms with E-state index in [9.17, 15) is 4.39 Å². The number of nitrogens with two attached hydrogens (primary N) is 1. The second-order valence-electron chi connectivity index (χ2n) is 4.63. The third-order valence-corrected chi connectivity index (χ3v) is 2.80. The molecule has 0 fully saturated rings. The molecule has 0 saturated heterocycles. The van der Waals surface area contributed by atoms with E-state index in [1.807, 2.05) is 13.0 Å². The number of aromatic nitrogens is 1. The van der Waals surface area contributed by atoms with Gasteiger partial charge >= 0.3 is 0 Å². The van der Waals surface area contributed by atoms with E-state index in [1.165, 1.54) is 6.07 Å². The highest BCUT2D eigenvalue weighted by atomic mass is 19.1. The molecule has 0 amide bonds. The number of aryl methyl sites for hydroxylation is 1. The van der Waals surface area contributed by atoms with Gasteiger partial charge in [0.2, 0.25) is 0 Å². The minimum atomic E-state index is -0.338. The van der Waals surface area contributed by atoms with Crippen LogP contribution in [0.25, 0.3) is 0 Å². The van der Waals surface area contributed by atoms with Gasteiger partial charge in [-0.2, -0.15) is 0 Å². The van der Waals surface area contributed by atoms with E-state index in [1.54, 1.807) is 31.5 Å². The monoisotopic (exact) mass is 260 g/mol. The van der Waals surface area contributed by atoms with Gasteiger partial charge in [-0.3, -0.25) is 4.98 Å². The van der Waals surface area contributed by atoms with Gasteiger partial charge in [0.05, 0.1) is 0 Å². The van der Waals surface area contributed by atoms with Crippen molar-refractivity contribution >= 4 is 0 Å². The van der Waals surface area contributed by atoms with Crippen LogP contribution in [0.4, 0.5) is 4.39 Å². The van der Waals surface area contributed by atoms with Crippen molar-refractivity contribution in [3.8, 4) is 5.75 Å². The second-order valence-corrected chi connectivity index (χ2v) is 4.63. The van der Waals surface area contributed by atoms with Crippen LogP contribution >= 0.6 is 0 Å². The Labute approximate surface area is 112 Å². The summed E-state index contributed by atoms with van der Waals surface area (Å²) in [5.74, 6) is 0.151. The Morgan fingerprint density at radius 3 is 2.74 bits per heavy atom. The van der Waals surface area contributed by atoms with Crippen molar-refractivity contribution in [3.63, 3.8) is 0 Å². The highest BCUT2D eigenvalue weighted by molar-refractivity contribution is 5.30. The second kappa shape index (κ2) is 5.80. The zero-order valence-electron chi connectivity index (χ0n) is 11.1. The Hall–Kier alpha value is -1.94. The Balaban J connectivity index is 2.06. The van der Waals surface area contributed by atoms with Gasteiger partial charge in [0.25, 0.3) is 0 Å². The van der Waals surface area contributed by atoms with E-state index in [0.717, 1.165) is 11.1 Å². The number of benzene rings is 1. The lowest BCUT2D eigenvalue weighted by molar-refractivity contribution is 0.303. The van der Waals surface area contributed by atoms with Crippen molar-refractivity contribution in [2.24, 2.45) is 5.73 Å². The molecule has 1 unspecified atom stereocenters. The zero-order valence-corrected chi connectivity index (χ0v) is 11.1. The fourth-order valence-corrected chi connectivity index (χ4v) is 1.83. The molecule has 1 atom stereocenters. The molecule has 0 aliphatic carbocycles. The van der Waals surface area contributed by atoms with Crippen LogP contribution in [0, 0.1) is 12.7 Å². The van der Waals surface area contributed by atoms with Gasteiger partial charge in [0.15, 0.2) is 0 Å². The maximum Gasteiger partial charge on any atom is 0.131 e. The van der Waals surface area contributed by atoms with E-state index in [-0.39, 0.29) is 11.9 Å². The van der Waals surface area contributed by atoms with Gasteiger partial charge in [-0.25, -0.2) is 4.39 Å². The number of ether oxygens (including phenoxy) is 1. The summed E-state index contributed by atoms with van der Waals surface area (Å²) >= 11 is 0. The van der Waals surface area contributed by atoms with E-state index in [0.29, 0.717) is 17.9 Å². The van der Waals surface area contributed by atoms with Gasteiger partial charge in [0, 0.05) is 35.6 Å². The maximum absolute atomic E-state index is 13.7. The number of halogens is 1. The Kier molecular flexibility index (Phi) is 4.12. The minimum Gasteiger partial charge on any atom is -0.489 e. The largest absolute Gasteiger partial charge is 0.489 e. The van der Waals surface area contributed by atoms with Crippen molar-refractivity contribution in [1.82, 2.24) is 4.98 Å². The fraction of sp³-hybridized carbons (Fsp3) is 0.267. The lowest BCUT2D eigenvalue weighted by Crippen LogP contribution is -2.07. The standard InChI is InChI=1S/C15H17FN2O/c1-10-5-12(8-18-7-10)9-19-13-3-4-14(11(2)17)15(16)6-13/h3-8,11H,9,17H2,1-2H3. The Morgan fingerprint density at radius 1 is 1.32 bits per heavy atom. The molecule has 1 heterocycles. The summed E-state index contributed by atoms with van der Waals surface area (Å²) < 4.78 is 19.3. The van der Waals surface area contributed by atoms with Gasteiger partial charge in [-0.15, -0.1) is 0 Å². The third-order valence-electron chi connectivity index (χ3n) is 2.80.